The maximum absolute atomic E-state index is 14.0. The van der Waals surface area contributed by atoms with Gasteiger partial charge in [0.1, 0.15) is 25.6 Å². The number of pyridine rings is 2. The van der Waals surface area contributed by atoms with Crippen LogP contribution in [0.15, 0.2) is 29.1 Å². The molecule has 3 aromatic rings. The molecule has 0 saturated carbocycles. The second kappa shape index (κ2) is 16.6. The lowest BCUT2D eigenvalue weighted by atomic mass is 9.85. The highest BCUT2D eigenvalue weighted by molar-refractivity contribution is 5.90. The first kappa shape index (κ1) is 39.7. The maximum Gasteiger partial charge on any atom is 0.509 e. The van der Waals surface area contributed by atoms with E-state index in [4.69, 9.17) is 28.7 Å². The van der Waals surface area contributed by atoms with Crippen LogP contribution in [-0.4, -0.2) is 83.8 Å². The second-order valence-corrected chi connectivity index (χ2v) is 14.4. The van der Waals surface area contributed by atoms with Crippen molar-refractivity contribution >= 4 is 28.9 Å². The average molecular weight is 737 g/mol. The fraction of sp³-hybridized carbons (Fsp3) is 0.564. The minimum atomic E-state index is -1.91. The molecule has 288 valence electrons. The smallest absolute Gasteiger partial charge is 0.508 e. The number of aryl methyl sites for hydroxylation is 1. The number of amides is 1. The van der Waals surface area contributed by atoms with E-state index in [1.165, 1.54) is 0 Å². The lowest BCUT2D eigenvalue weighted by molar-refractivity contribution is -0.175. The third-order valence-corrected chi connectivity index (χ3v) is 9.99. The number of aromatic nitrogens is 2. The predicted molar refractivity (Wildman–Crippen MR) is 197 cm³/mol. The standard InChI is InChI=1S/C39H52N4O10/c1-8-25-26-17-24(44)11-12-30(26)41-34-27(25)19-43-32(34)18-29-28(35(43)46)20-51-36(47)39(29,9-2)53-37(48)52-21-31(23(4)5)40-14-16-50-22-33(45)42-38(6,7)13-15-49-10-3/h11-12,17-18,23,31,40,44H,8-10,13-16,19-22H2,1-7H3,(H,42,45). The molecule has 14 heteroatoms. The number of hydrogen-bond donors (Lipinski definition) is 3. The zero-order valence-corrected chi connectivity index (χ0v) is 31.8. The fourth-order valence-corrected chi connectivity index (χ4v) is 6.96. The molecular formula is C39H52N4O10. The summed E-state index contributed by atoms with van der Waals surface area (Å²) in [6.07, 6.45) is 0.237. The number of phenols is 1. The summed E-state index contributed by atoms with van der Waals surface area (Å²) in [6.45, 7) is 15.1. The Labute approximate surface area is 309 Å². The van der Waals surface area contributed by atoms with Crippen molar-refractivity contribution in [3.8, 4) is 17.1 Å². The molecule has 14 nitrogen and oxygen atoms in total. The van der Waals surface area contributed by atoms with Crippen LogP contribution in [0.4, 0.5) is 4.79 Å². The van der Waals surface area contributed by atoms with Gasteiger partial charge in [0.2, 0.25) is 11.5 Å². The SMILES string of the molecule is CCOCCC(C)(C)NC(=O)COCCNC(COC(=O)OC1(CC)C(=O)OCc2c1cc1n(c2=O)Cc2c-1nc1ccc(O)cc1c2CC)C(C)C. The average Bonchev–Trinajstić information content (AvgIpc) is 3.47. The number of phenolic OH excluding ortho intramolecular Hbond substituents is 1. The zero-order chi connectivity index (χ0) is 38.5. The van der Waals surface area contributed by atoms with Gasteiger partial charge in [-0.05, 0) is 75.8 Å². The highest BCUT2D eigenvalue weighted by Gasteiger charge is 2.51. The summed E-state index contributed by atoms with van der Waals surface area (Å²) in [5.41, 5.74) is 1.38. The largest absolute Gasteiger partial charge is 0.509 e. The first-order valence-electron chi connectivity index (χ1n) is 18.4. The minimum absolute atomic E-state index is 0.00516. The third kappa shape index (κ3) is 8.50. The molecule has 2 unspecified atom stereocenters. The molecule has 1 amide bonds. The molecule has 0 bridgehead atoms. The molecule has 53 heavy (non-hydrogen) atoms. The van der Waals surface area contributed by atoms with Crippen molar-refractivity contribution in [1.82, 2.24) is 20.2 Å². The summed E-state index contributed by atoms with van der Waals surface area (Å²) in [6, 6.07) is 6.39. The Morgan fingerprint density at radius 2 is 1.87 bits per heavy atom. The van der Waals surface area contributed by atoms with Crippen LogP contribution in [0.2, 0.25) is 0 Å². The summed E-state index contributed by atoms with van der Waals surface area (Å²) in [7, 11) is 0. The van der Waals surface area contributed by atoms with Crippen LogP contribution in [0.3, 0.4) is 0 Å². The number of aromatic hydroxyl groups is 1. The Morgan fingerprint density at radius 3 is 2.57 bits per heavy atom. The van der Waals surface area contributed by atoms with Crippen molar-refractivity contribution in [3.63, 3.8) is 0 Å². The fourth-order valence-electron chi connectivity index (χ4n) is 6.96. The topological polar surface area (TPSA) is 177 Å². The van der Waals surface area contributed by atoms with Crippen molar-refractivity contribution in [2.45, 2.75) is 98.1 Å². The number of ether oxygens (including phenoxy) is 5. The summed E-state index contributed by atoms with van der Waals surface area (Å²) in [5.74, 6) is -0.847. The minimum Gasteiger partial charge on any atom is -0.508 e. The van der Waals surface area contributed by atoms with Crippen LogP contribution in [-0.2, 0) is 58.4 Å². The maximum atomic E-state index is 14.0. The van der Waals surface area contributed by atoms with Gasteiger partial charge < -0.3 is 44.0 Å². The molecule has 5 rings (SSSR count). The van der Waals surface area contributed by atoms with E-state index in [-0.39, 0.29) is 79.7 Å². The van der Waals surface area contributed by atoms with Crippen molar-refractivity contribution in [3.05, 3.63) is 56.9 Å². The van der Waals surface area contributed by atoms with Crippen LogP contribution >= 0.6 is 0 Å². The molecular weight excluding hydrogens is 684 g/mol. The van der Waals surface area contributed by atoms with Crippen molar-refractivity contribution in [1.29, 1.82) is 0 Å². The van der Waals surface area contributed by atoms with E-state index in [2.05, 4.69) is 10.6 Å². The Bertz CT molecular complexity index is 1910. The number of carbonyl (C=O) groups is 3. The van der Waals surface area contributed by atoms with E-state index in [0.717, 1.165) is 16.5 Å². The number of esters is 1. The molecule has 0 radical (unpaired) electrons. The number of carbonyl (C=O) groups excluding carboxylic acids is 3. The molecule has 0 fully saturated rings. The van der Waals surface area contributed by atoms with Gasteiger partial charge in [0.25, 0.3) is 5.56 Å². The van der Waals surface area contributed by atoms with Crippen LogP contribution in [0.1, 0.15) is 83.6 Å². The number of nitrogens with one attached hydrogen (secondary N) is 2. The number of hydrogen-bond acceptors (Lipinski definition) is 12. The Hall–Kier alpha value is -4.53. The first-order valence-corrected chi connectivity index (χ1v) is 18.4. The van der Waals surface area contributed by atoms with Gasteiger partial charge in [-0.15, -0.1) is 0 Å². The monoisotopic (exact) mass is 736 g/mol. The van der Waals surface area contributed by atoms with E-state index in [1.807, 2.05) is 41.5 Å². The van der Waals surface area contributed by atoms with Gasteiger partial charge in [0.15, 0.2) is 0 Å². The molecule has 1 aromatic carbocycles. The molecule has 0 aliphatic carbocycles. The molecule has 3 N–H and O–H groups in total. The van der Waals surface area contributed by atoms with E-state index in [0.29, 0.717) is 49.5 Å². The Balaban J connectivity index is 1.25. The Morgan fingerprint density at radius 1 is 1.09 bits per heavy atom. The first-order chi connectivity index (χ1) is 25.2. The van der Waals surface area contributed by atoms with Crippen LogP contribution in [0.5, 0.6) is 5.75 Å². The quantitative estimate of drug-likeness (QED) is 0.103. The van der Waals surface area contributed by atoms with Crippen molar-refractivity contribution in [2.24, 2.45) is 5.92 Å². The highest BCUT2D eigenvalue weighted by Crippen LogP contribution is 2.42. The zero-order valence-electron chi connectivity index (χ0n) is 31.8. The molecule has 2 aliphatic rings. The van der Waals surface area contributed by atoms with Gasteiger partial charge in [-0.1, -0.05) is 27.7 Å². The molecule has 4 heterocycles. The number of nitrogens with zero attached hydrogens (tertiary/aromatic N) is 2. The predicted octanol–water partition coefficient (Wildman–Crippen LogP) is 4.46. The van der Waals surface area contributed by atoms with E-state index in [9.17, 15) is 24.3 Å². The number of benzene rings is 1. The van der Waals surface area contributed by atoms with Gasteiger partial charge in [0.05, 0.1) is 35.6 Å². The van der Waals surface area contributed by atoms with Crippen LogP contribution < -0.4 is 16.2 Å². The molecule has 2 aromatic heterocycles. The van der Waals surface area contributed by atoms with Gasteiger partial charge in [-0.3, -0.25) is 9.59 Å². The van der Waals surface area contributed by atoms with Gasteiger partial charge >= 0.3 is 12.1 Å². The lowest BCUT2D eigenvalue weighted by Gasteiger charge is -2.35. The van der Waals surface area contributed by atoms with Crippen molar-refractivity contribution in [2.75, 3.05) is 39.6 Å². The summed E-state index contributed by atoms with van der Waals surface area (Å²) in [5, 5.41) is 17.2. The molecule has 0 spiro atoms. The second-order valence-electron chi connectivity index (χ2n) is 14.4. The summed E-state index contributed by atoms with van der Waals surface area (Å²) in [4.78, 5) is 58.0. The van der Waals surface area contributed by atoms with Gasteiger partial charge in [0, 0.05) is 47.9 Å². The summed E-state index contributed by atoms with van der Waals surface area (Å²) < 4.78 is 29.4. The van der Waals surface area contributed by atoms with E-state index >= 15 is 0 Å². The van der Waals surface area contributed by atoms with Crippen LogP contribution in [0.25, 0.3) is 22.3 Å². The molecule has 2 aliphatic heterocycles. The highest BCUT2D eigenvalue weighted by atomic mass is 16.7. The lowest BCUT2D eigenvalue weighted by Crippen LogP contribution is -2.48. The van der Waals surface area contributed by atoms with E-state index < -0.39 is 23.3 Å². The third-order valence-electron chi connectivity index (χ3n) is 9.99. The number of fused-ring (bicyclic) bond motifs is 5. The van der Waals surface area contributed by atoms with Gasteiger partial charge in [-0.25, -0.2) is 14.6 Å². The number of rotatable bonds is 17. The van der Waals surface area contributed by atoms with E-state index in [1.54, 1.807) is 35.8 Å². The molecule has 2 atom stereocenters. The van der Waals surface area contributed by atoms with Crippen LogP contribution in [0, 0.1) is 5.92 Å². The van der Waals surface area contributed by atoms with Crippen molar-refractivity contribution < 1.29 is 43.2 Å². The van der Waals surface area contributed by atoms with Gasteiger partial charge in [-0.2, -0.15) is 0 Å². The normalized spacial score (nSPS) is 16.9. The summed E-state index contributed by atoms with van der Waals surface area (Å²) >= 11 is 0. The number of cyclic esters (lactones) is 1. The Kier molecular flexibility index (Phi) is 12.5. The molecule has 0 saturated heterocycles.